The molecule has 38 heavy (non-hydrogen) atoms. The van der Waals surface area contributed by atoms with Gasteiger partial charge in [0.15, 0.2) is 5.17 Å². The second-order valence-electron chi connectivity index (χ2n) is 8.75. The van der Waals surface area contributed by atoms with Gasteiger partial charge in [-0.15, -0.1) is 0 Å². The number of rotatable bonds is 7. The van der Waals surface area contributed by atoms with Crippen molar-refractivity contribution in [1.29, 1.82) is 0 Å². The Morgan fingerprint density at radius 1 is 1.08 bits per heavy atom. The van der Waals surface area contributed by atoms with Crippen LogP contribution in [0, 0.1) is 0 Å². The number of carbonyl (C=O) groups is 2. The van der Waals surface area contributed by atoms with E-state index in [2.05, 4.69) is 10.3 Å². The van der Waals surface area contributed by atoms with Gasteiger partial charge in [0.25, 0.3) is 11.5 Å². The zero-order valence-electron chi connectivity index (χ0n) is 20.1. The van der Waals surface area contributed by atoms with Crippen LogP contribution in [0.4, 0.5) is 5.69 Å². The molecule has 0 fully saturated rings. The highest BCUT2D eigenvalue weighted by molar-refractivity contribution is 8.13. The standard InChI is InChI=1S/C27H22N6O4S/c34-23(28-15-18-6-5-13-37-18)11-10-21-26(36)33-25(30-21)19-7-1-2-8-20(19)31-27(33)38-16-17-14-24(35)32-12-4-3-9-22(32)29-17/h1-9,12-14,21H,10-11,15-16H2,(H,28,34)/t21-/m0/s1. The van der Waals surface area contributed by atoms with E-state index in [1.165, 1.54) is 27.1 Å². The first kappa shape index (κ1) is 23.9. The average molecular weight is 527 g/mol. The molecule has 0 bridgehead atoms. The number of aliphatic imine (C=N–C) groups is 2. The van der Waals surface area contributed by atoms with Gasteiger partial charge < -0.3 is 9.73 Å². The molecule has 10 nitrogen and oxygen atoms in total. The van der Waals surface area contributed by atoms with E-state index < -0.39 is 6.04 Å². The van der Waals surface area contributed by atoms with Crippen molar-refractivity contribution in [3.63, 3.8) is 0 Å². The maximum atomic E-state index is 13.5. The van der Waals surface area contributed by atoms with Gasteiger partial charge >= 0.3 is 0 Å². The van der Waals surface area contributed by atoms with Crippen molar-refractivity contribution in [2.75, 3.05) is 0 Å². The maximum absolute atomic E-state index is 13.5. The average Bonchev–Trinajstić information content (AvgIpc) is 3.57. The summed E-state index contributed by atoms with van der Waals surface area (Å²) in [6, 6.07) is 17.2. The molecule has 0 radical (unpaired) electrons. The van der Waals surface area contributed by atoms with E-state index in [9.17, 15) is 14.4 Å². The van der Waals surface area contributed by atoms with Crippen molar-refractivity contribution in [3.8, 4) is 0 Å². The molecular weight excluding hydrogens is 504 g/mol. The summed E-state index contributed by atoms with van der Waals surface area (Å²) in [4.78, 5) is 53.9. The monoisotopic (exact) mass is 526 g/mol. The summed E-state index contributed by atoms with van der Waals surface area (Å²) in [5.41, 5.74) is 2.43. The second kappa shape index (κ2) is 10.1. The Labute approximate surface area is 221 Å². The number of pyridine rings is 1. The Bertz CT molecular complexity index is 1660. The molecule has 6 rings (SSSR count). The Kier molecular flexibility index (Phi) is 6.34. The van der Waals surface area contributed by atoms with Gasteiger partial charge in [-0.3, -0.25) is 23.8 Å². The summed E-state index contributed by atoms with van der Waals surface area (Å²) < 4.78 is 6.71. The number of fused-ring (bicyclic) bond motifs is 4. The van der Waals surface area contributed by atoms with Crippen molar-refractivity contribution >= 4 is 45.9 Å². The molecule has 1 atom stereocenters. The lowest BCUT2D eigenvalue weighted by Crippen LogP contribution is -2.41. The van der Waals surface area contributed by atoms with Crippen LogP contribution in [0.25, 0.3) is 5.65 Å². The number of nitrogens with one attached hydrogen (secondary N) is 1. The van der Waals surface area contributed by atoms with E-state index in [4.69, 9.17) is 14.4 Å². The van der Waals surface area contributed by atoms with E-state index in [-0.39, 0.29) is 36.8 Å². The molecule has 1 N–H and O–H groups in total. The minimum atomic E-state index is -0.695. The molecule has 2 aliphatic rings. The van der Waals surface area contributed by atoms with Crippen molar-refractivity contribution in [2.24, 2.45) is 9.98 Å². The number of para-hydroxylation sites is 1. The van der Waals surface area contributed by atoms with E-state index >= 15 is 0 Å². The van der Waals surface area contributed by atoms with E-state index in [0.29, 0.717) is 39.5 Å². The maximum Gasteiger partial charge on any atom is 0.259 e. The third-order valence-corrected chi connectivity index (χ3v) is 7.18. The predicted octanol–water partition coefficient (Wildman–Crippen LogP) is 3.28. The van der Waals surface area contributed by atoms with Gasteiger partial charge in [-0.2, -0.15) is 0 Å². The van der Waals surface area contributed by atoms with Crippen LogP contribution in [-0.4, -0.2) is 43.1 Å². The van der Waals surface area contributed by atoms with Crippen LogP contribution in [0.15, 0.2) is 92.3 Å². The Balaban J connectivity index is 1.19. The zero-order valence-corrected chi connectivity index (χ0v) is 20.9. The molecule has 4 aromatic rings. The third-order valence-electron chi connectivity index (χ3n) is 6.21. The first-order chi connectivity index (χ1) is 18.6. The second-order valence-corrected chi connectivity index (χ2v) is 9.69. The summed E-state index contributed by atoms with van der Waals surface area (Å²) in [7, 11) is 0. The highest BCUT2D eigenvalue weighted by Gasteiger charge is 2.41. The third kappa shape index (κ3) is 4.63. The summed E-state index contributed by atoms with van der Waals surface area (Å²) in [6.07, 6.45) is 3.64. The summed E-state index contributed by atoms with van der Waals surface area (Å²) in [6.45, 7) is 0.290. The SMILES string of the molecule is O=C(CC[C@@H]1N=C2c3ccccc3N=C(SCc3cc(=O)n4ccccc4n3)N2C1=O)NCc1ccco1. The predicted molar refractivity (Wildman–Crippen MR) is 143 cm³/mol. The molecule has 0 unspecified atom stereocenters. The molecule has 2 aliphatic heterocycles. The molecule has 0 aliphatic carbocycles. The molecule has 5 heterocycles. The number of furan rings is 1. The molecule has 0 spiro atoms. The zero-order chi connectivity index (χ0) is 26.1. The minimum absolute atomic E-state index is 0.147. The van der Waals surface area contributed by atoms with Gasteiger partial charge in [-0.1, -0.05) is 30.0 Å². The number of aromatic nitrogens is 2. The fraction of sp³-hybridized carbons (Fsp3) is 0.185. The Hall–Kier alpha value is -4.51. The normalized spacial score (nSPS) is 16.2. The van der Waals surface area contributed by atoms with Crippen LogP contribution >= 0.6 is 11.8 Å². The van der Waals surface area contributed by atoms with Crippen LogP contribution in [0.1, 0.15) is 29.9 Å². The summed E-state index contributed by atoms with van der Waals surface area (Å²) in [5.74, 6) is 1.11. The van der Waals surface area contributed by atoms with Crippen LogP contribution < -0.4 is 10.9 Å². The lowest BCUT2D eigenvalue weighted by Gasteiger charge is -2.25. The van der Waals surface area contributed by atoms with Crippen LogP contribution in [0.3, 0.4) is 0 Å². The van der Waals surface area contributed by atoms with Gasteiger partial charge in [-0.25, -0.2) is 14.9 Å². The van der Waals surface area contributed by atoms with Crippen LogP contribution in [0.5, 0.6) is 0 Å². The van der Waals surface area contributed by atoms with E-state index in [0.717, 1.165) is 5.56 Å². The number of amidine groups is 2. The van der Waals surface area contributed by atoms with Crippen LogP contribution in [-0.2, 0) is 21.9 Å². The van der Waals surface area contributed by atoms with Crippen molar-refractivity contribution < 1.29 is 14.0 Å². The summed E-state index contributed by atoms with van der Waals surface area (Å²) in [5, 5.41) is 3.26. The van der Waals surface area contributed by atoms with Gasteiger partial charge in [0.05, 0.1) is 24.2 Å². The van der Waals surface area contributed by atoms with E-state index in [1.54, 1.807) is 36.7 Å². The highest BCUT2D eigenvalue weighted by atomic mass is 32.2. The molecule has 2 amide bonds. The molecule has 1 aromatic carbocycles. The molecule has 190 valence electrons. The number of carbonyl (C=O) groups excluding carboxylic acids is 2. The van der Waals surface area contributed by atoms with Crippen LogP contribution in [0.2, 0.25) is 0 Å². The smallest absolute Gasteiger partial charge is 0.259 e. The summed E-state index contributed by atoms with van der Waals surface area (Å²) >= 11 is 1.32. The Morgan fingerprint density at radius 2 is 1.95 bits per heavy atom. The molecular formula is C27H22N6O4S. The van der Waals surface area contributed by atoms with Gasteiger partial charge in [-0.05, 0) is 42.8 Å². The van der Waals surface area contributed by atoms with Crippen molar-refractivity contribution in [3.05, 3.63) is 100 Å². The number of amides is 2. The highest BCUT2D eigenvalue weighted by Crippen LogP contribution is 2.34. The fourth-order valence-corrected chi connectivity index (χ4v) is 5.25. The van der Waals surface area contributed by atoms with Crippen molar-refractivity contribution in [1.82, 2.24) is 19.6 Å². The van der Waals surface area contributed by atoms with Gasteiger partial charge in [0.1, 0.15) is 23.3 Å². The van der Waals surface area contributed by atoms with Gasteiger partial charge in [0, 0.05) is 30.0 Å². The molecule has 0 saturated carbocycles. The number of nitrogens with zero attached hydrogens (tertiary/aromatic N) is 5. The molecule has 0 saturated heterocycles. The lowest BCUT2D eigenvalue weighted by molar-refractivity contribution is -0.125. The lowest BCUT2D eigenvalue weighted by atomic mass is 10.1. The quantitative estimate of drug-likeness (QED) is 0.395. The number of benzene rings is 1. The number of hydrogen-bond acceptors (Lipinski definition) is 8. The first-order valence-electron chi connectivity index (χ1n) is 12.1. The number of thioether (sulfide) groups is 1. The topological polar surface area (TPSA) is 122 Å². The molecule has 3 aromatic heterocycles. The van der Waals surface area contributed by atoms with Gasteiger partial charge in [0.2, 0.25) is 5.91 Å². The molecule has 11 heteroatoms. The Morgan fingerprint density at radius 3 is 2.82 bits per heavy atom. The van der Waals surface area contributed by atoms with Crippen molar-refractivity contribution in [2.45, 2.75) is 31.2 Å². The largest absolute Gasteiger partial charge is 0.467 e. The van der Waals surface area contributed by atoms with E-state index in [1.807, 2.05) is 30.3 Å². The fourth-order valence-electron chi connectivity index (χ4n) is 4.36. The first-order valence-corrected chi connectivity index (χ1v) is 13.0. The number of hydrogen-bond donors (Lipinski definition) is 1. The minimum Gasteiger partial charge on any atom is -0.467 e.